The number of benzene rings is 1. The van der Waals surface area contributed by atoms with Crippen molar-refractivity contribution < 1.29 is 5.11 Å². The second kappa shape index (κ2) is 6.31. The van der Waals surface area contributed by atoms with E-state index in [2.05, 4.69) is 28.0 Å². The molecule has 3 nitrogen and oxygen atoms in total. The average Bonchev–Trinajstić information content (AvgIpc) is 2.93. The van der Waals surface area contributed by atoms with Crippen molar-refractivity contribution in [2.24, 2.45) is 0 Å². The first kappa shape index (κ1) is 14.7. The minimum atomic E-state index is -0.294. The van der Waals surface area contributed by atoms with Gasteiger partial charge in [-0.3, -0.25) is 9.80 Å². The number of piperazine rings is 1. The second-order valence-corrected chi connectivity index (χ2v) is 7.28. The Morgan fingerprint density at radius 1 is 0.864 bits per heavy atom. The van der Waals surface area contributed by atoms with Crippen LogP contribution in [0.3, 0.4) is 0 Å². The Morgan fingerprint density at radius 2 is 1.55 bits per heavy atom. The summed E-state index contributed by atoms with van der Waals surface area (Å²) < 4.78 is 0. The van der Waals surface area contributed by atoms with E-state index in [0.717, 1.165) is 31.1 Å². The van der Waals surface area contributed by atoms with Gasteiger partial charge in [0.1, 0.15) is 0 Å². The zero-order chi connectivity index (χ0) is 14.9. The quantitative estimate of drug-likeness (QED) is 0.909. The van der Waals surface area contributed by atoms with Crippen LogP contribution in [0.4, 0.5) is 0 Å². The Hall–Kier alpha value is -0.900. The highest BCUT2D eigenvalue weighted by atomic mass is 16.3. The standard InChI is InChI=1S/C19H28N2O/c22-19-17-9-5-4-6-15(17)14-18(19)21-12-10-20(11-13-21)16-7-2-1-3-8-16/h4-6,9,16,18-19,22H,1-3,7-8,10-14H2. The normalized spacial score (nSPS) is 31.3. The molecule has 1 N–H and O–H groups in total. The summed E-state index contributed by atoms with van der Waals surface area (Å²) in [5, 5.41) is 10.7. The van der Waals surface area contributed by atoms with Gasteiger partial charge >= 0.3 is 0 Å². The minimum Gasteiger partial charge on any atom is -0.387 e. The maximum absolute atomic E-state index is 10.7. The van der Waals surface area contributed by atoms with E-state index in [1.165, 1.54) is 50.8 Å². The molecule has 3 aliphatic rings. The Bertz CT molecular complexity index is 504. The van der Waals surface area contributed by atoms with Crippen LogP contribution in [0.25, 0.3) is 0 Å². The van der Waals surface area contributed by atoms with Crippen LogP contribution < -0.4 is 0 Å². The SMILES string of the molecule is OC1c2ccccc2CC1N1CCN(C2CCCCC2)CC1. The first-order chi connectivity index (χ1) is 10.8. The number of fused-ring (bicyclic) bond motifs is 1. The van der Waals surface area contributed by atoms with Crippen LogP contribution in [-0.2, 0) is 6.42 Å². The number of hydrogen-bond acceptors (Lipinski definition) is 3. The fraction of sp³-hybridized carbons (Fsp3) is 0.684. The molecule has 0 aromatic heterocycles. The lowest BCUT2D eigenvalue weighted by Crippen LogP contribution is -2.54. The lowest BCUT2D eigenvalue weighted by Gasteiger charge is -2.43. The fourth-order valence-electron chi connectivity index (χ4n) is 4.76. The van der Waals surface area contributed by atoms with Crippen LogP contribution in [0, 0.1) is 0 Å². The van der Waals surface area contributed by atoms with Gasteiger partial charge in [0.2, 0.25) is 0 Å². The molecule has 22 heavy (non-hydrogen) atoms. The van der Waals surface area contributed by atoms with Crippen molar-refractivity contribution in [1.82, 2.24) is 9.80 Å². The summed E-state index contributed by atoms with van der Waals surface area (Å²) in [6.07, 6.45) is 7.79. The van der Waals surface area contributed by atoms with Gasteiger partial charge in [-0.1, -0.05) is 43.5 Å². The van der Waals surface area contributed by atoms with Crippen molar-refractivity contribution in [3.63, 3.8) is 0 Å². The summed E-state index contributed by atoms with van der Waals surface area (Å²) in [6, 6.07) is 9.54. The molecular weight excluding hydrogens is 272 g/mol. The average molecular weight is 300 g/mol. The second-order valence-electron chi connectivity index (χ2n) is 7.28. The molecule has 2 unspecified atom stereocenters. The molecule has 1 aromatic rings. The van der Waals surface area contributed by atoms with Gasteiger partial charge < -0.3 is 5.11 Å². The molecule has 2 fully saturated rings. The van der Waals surface area contributed by atoms with Crippen LogP contribution in [0.15, 0.2) is 24.3 Å². The number of rotatable bonds is 2. The number of hydrogen-bond donors (Lipinski definition) is 1. The number of nitrogens with zero attached hydrogens (tertiary/aromatic N) is 2. The maximum atomic E-state index is 10.7. The van der Waals surface area contributed by atoms with Gasteiger partial charge in [-0.2, -0.15) is 0 Å². The molecule has 0 radical (unpaired) electrons. The summed E-state index contributed by atoms with van der Waals surface area (Å²) >= 11 is 0. The summed E-state index contributed by atoms with van der Waals surface area (Å²) in [7, 11) is 0. The van der Waals surface area contributed by atoms with Crippen LogP contribution in [-0.4, -0.2) is 53.2 Å². The third-order valence-electron chi connectivity index (χ3n) is 6.08. The van der Waals surface area contributed by atoms with E-state index in [1.54, 1.807) is 0 Å². The molecule has 1 aromatic carbocycles. The number of aliphatic hydroxyl groups excluding tert-OH is 1. The molecule has 0 amide bonds. The van der Waals surface area contributed by atoms with E-state index in [9.17, 15) is 5.11 Å². The molecule has 0 spiro atoms. The minimum absolute atomic E-state index is 0.294. The highest BCUT2D eigenvalue weighted by molar-refractivity contribution is 5.35. The smallest absolute Gasteiger partial charge is 0.0951 e. The summed E-state index contributed by atoms with van der Waals surface area (Å²) in [5.41, 5.74) is 2.50. The van der Waals surface area contributed by atoms with E-state index in [-0.39, 0.29) is 6.10 Å². The molecule has 120 valence electrons. The van der Waals surface area contributed by atoms with Gasteiger partial charge in [0, 0.05) is 38.3 Å². The van der Waals surface area contributed by atoms with Crippen molar-refractivity contribution in [2.45, 2.75) is 56.7 Å². The van der Waals surface area contributed by atoms with Crippen molar-refractivity contribution in [1.29, 1.82) is 0 Å². The largest absolute Gasteiger partial charge is 0.387 e. The molecule has 2 aliphatic carbocycles. The molecule has 1 saturated carbocycles. The first-order valence-electron chi connectivity index (χ1n) is 9.07. The molecular formula is C19H28N2O. The summed E-state index contributed by atoms with van der Waals surface area (Å²) in [4.78, 5) is 5.24. The van der Waals surface area contributed by atoms with Gasteiger partial charge in [0.15, 0.2) is 0 Å². The van der Waals surface area contributed by atoms with Gasteiger partial charge in [-0.15, -0.1) is 0 Å². The van der Waals surface area contributed by atoms with Crippen LogP contribution in [0.1, 0.15) is 49.3 Å². The van der Waals surface area contributed by atoms with Crippen LogP contribution >= 0.6 is 0 Å². The molecule has 4 rings (SSSR count). The van der Waals surface area contributed by atoms with Gasteiger partial charge in [0.25, 0.3) is 0 Å². The lowest BCUT2D eigenvalue weighted by molar-refractivity contribution is 0.0118. The van der Waals surface area contributed by atoms with Gasteiger partial charge in [0.05, 0.1) is 6.10 Å². The van der Waals surface area contributed by atoms with Crippen molar-refractivity contribution in [3.05, 3.63) is 35.4 Å². The van der Waals surface area contributed by atoms with E-state index in [4.69, 9.17) is 0 Å². The van der Waals surface area contributed by atoms with Crippen LogP contribution in [0.2, 0.25) is 0 Å². The zero-order valence-electron chi connectivity index (χ0n) is 13.5. The third kappa shape index (κ3) is 2.70. The third-order valence-corrected chi connectivity index (χ3v) is 6.08. The molecule has 1 saturated heterocycles. The molecule has 1 aliphatic heterocycles. The Morgan fingerprint density at radius 3 is 2.27 bits per heavy atom. The highest BCUT2D eigenvalue weighted by Gasteiger charge is 2.36. The van der Waals surface area contributed by atoms with Gasteiger partial charge in [-0.25, -0.2) is 0 Å². The predicted octanol–water partition coefficient (Wildman–Crippen LogP) is 2.60. The fourth-order valence-corrected chi connectivity index (χ4v) is 4.76. The van der Waals surface area contributed by atoms with Crippen molar-refractivity contribution in [2.75, 3.05) is 26.2 Å². The van der Waals surface area contributed by atoms with Gasteiger partial charge in [-0.05, 0) is 30.4 Å². The summed E-state index contributed by atoms with van der Waals surface area (Å²) in [6.45, 7) is 4.60. The zero-order valence-corrected chi connectivity index (χ0v) is 13.5. The molecule has 1 heterocycles. The first-order valence-corrected chi connectivity index (χ1v) is 9.07. The Kier molecular flexibility index (Phi) is 4.21. The summed E-state index contributed by atoms with van der Waals surface area (Å²) in [5.74, 6) is 0. The molecule has 2 atom stereocenters. The van der Waals surface area contributed by atoms with E-state index >= 15 is 0 Å². The van der Waals surface area contributed by atoms with E-state index in [1.807, 2.05) is 6.07 Å². The van der Waals surface area contributed by atoms with Crippen molar-refractivity contribution in [3.8, 4) is 0 Å². The van der Waals surface area contributed by atoms with E-state index in [0.29, 0.717) is 6.04 Å². The molecule has 0 bridgehead atoms. The highest BCUT2D eigenvalue weighted by Crippen LogP contribution is 2.35. The Labute approximate surface area is 133 Å². The molecule has 3 heteroatoms. The maximum Gasteiger partial charge on any atom is 0.0951 e. The van der Waals surface area contributed by atoms with E-state index < -0.39 is 0 Å². The topological polar surface area (TPSA) is 26.7 Å². The lowest BCUT2D eigenvalue weighted by atomic mass is 9.93. The van der Waals surface area contributed by atoms with Crippen molar-refractivity contribution >= 4 is 0 Å². The predicted molar refractivity (Wildman–Crippen MR) is 88.9 cm³/mol. The Balaban J connectivity index is 1.36. The van der Waals surface area contributed by atoms with Crippen LogP contribution in [0.5, 0.6) is 0 Å². The number of aliphatic hydroxyl groups is 1. The monoisotopic (exact) mass is 300 g/mol.